The van der Waals surface area contributed by atoms with Gasteiger partial charge in [0.2, 0.25) is 0 Å². The summed E-state index contributed by atoms with van der Waals surface area (Å²) in [7, 11) is -3.46. The molecule has 0 saturated heterocycles. The van der Waals surface area contributed by atoms with Gasteiger partial charge in [-0.1, -0.05) is 12.8 Å². The molecule has 0 heterocycles. The molecule has 1 aliphatic carbocycles. The molecule has 3 N–H and O–H groups in total. The SMILES string of the molecule is CC(C)(O)CNS(=O)(=O)NC1CCCC1. The first kappa shape index (κ1) is 12.9. The molecule has 1 aliphatic rings. The predicted molar refractivity (Wildman–Crippen MR) is 58.6 cm³/mol. The second-order valence-corrected chi connectivity index (χ2v) is 6.27. The molecule has 0 aromatic rings. The zero-order valence-corrected chi connectivity index (χ0v) is 10.1. The molecule has 1 rings (SSSR count). The van der Waals surface area contributed by atoms with E-state index < -0.39 is 15.8 Å². The lowest BCUT2D eigenvalue weighted by Crippen LogP contribution is -2.46. The largest absolute Gasteiger partial charge is 0.389 e. The van der Waals surface area contributed by atoms with Gasteiger partial charge in [-0.15, -0.1) is 0 Å². The van der Waals surface area contributed by atoms with Crippen molar-refractivity contribution in [2.24, 2.45) is 0 Å². The van der Waals surface area contributed by atoms with Gasteiger partial charge in [-0.2, -0.15) is 17.9 Å². The third-order valence-corrected chi connectivity index (χ3v) is 3.54. The summed E-state index contributed by atoms with van der Waals surface area (Å²) >= 11 is 0. The molecule has 15 heavy (non-hydrogen) atoms. The summed E-state index contributed by atoms with van der Waals surface area (Å²) in [4.78, 5) is 0. The number of aliphatic hydroxyl groups is 1. The molecular formula is C9H20N2O3S. The van der Waals surface area contributed by atoms with Crippen LogP contribution in [0.1, 0.15) is 39.5 Å². The number of hydrogen-bond acceptors (Lipinski definition) is 3. The highest BCUT2D eigenvalue weighted by Gasteiger charge is 2.23. The Labute approximate surface area is 91.4 Å². The number of rotatable bonds is 5. The molecule has 1 saturated carbocycles. The van der Waals surface area contributed by atoms with E-state index in [1.807, 2.05) is 0 Å². The minimum Gasteiger partial charge on any atom is -0.389 e. The van der Waals surface area contributed by atoms with Crippen molar-refractivity contribution in [1.29, 1.82) is 0 Å². The summed E-state index contributed by atoms with van der Waals surface area (Å²) in [5.74, 6) is 0. The molecule has 0 amide bonds. The fraction of sp³-hybridized carbons (Fsp3) is 1.00. The highest BCUT2D eigenvalue weighted by Crippen LogP contribution is 2.18. The quantitative estimate of drug-likeness (QED) is 0.634. The van der Waals surface area contributed by atoms with Crippen molar-refractivity contribution in [3.63, 3.8) is 0 Å². The van der Waals surface area contributed by atoms with Crippen LogP contribution in [0.4, 0.5) is 0 Å². The highest BCUT2D eigenvalue weighted by molar-refractivity contribution is 7.87. The van der Waals surface area contributed by atoms with E-state index >= 15 is 0 Å². The summed E-state index contributed by atoms with van der Waals surface area (Å²) in [5, 5.41) is 9.39. The van der Waals surface area contributed by atoms with Crippen LogP contribution >= 0.6 is 0 Å². The van der Waals surface area contributed by atoms with Gasteiger partial charge in [-0.3, -0.25) is 0 Å². The van der Waals surface area contributed by atoms with Gasteiger partial charge in [0.25, 0.3) is 10.2 Å². The van der Waals surface area contributed by atoms with Crippen LogP contribution in [0.25, 0.3) is 0 Å². The van der Waals surface area contributed by atoms with E-state index in [1.54, 1.807) is 13.8 Å². The summed E-state index contributed by atoms with van der Waals surface area (Å²) < 4.78 is 27.9. The van der Waals surface area contributed by atoms with Crippen LogP contribution in [0.5, 0.6) is 0 Å². The lowest BCUT2D eigenvalue weighted by molar-refractivity contribution is 0.0856. The standard InChI is InChI=1S/C9H20N2O3S/c1-9(2,12)7-10-15(13,14)11-8-5-3-4-6-8/h8,10-12H,3-7H2,1-2H3. The minimum atomic E-state index is -3.46. The molecule has 1 fully saturated rings. The number of hydrogen-bond donors (Lipinski definition) is 3. The van der Waals surface area contributed by atoms with Gasteiger partial charge in [-0.25, -0.2) is 0 Å². The normalized spacial score (nSPS) is 19.7. The first-order chi connectivity index (χ1) is 6.79. The Kier molecular flexibility index (Phi) is 4.11. The van der Waals surface area contributed by atoms with E-state index in [1.165, 1.54) is 0 Å². The third-order valence-electron chi connectivity index (χ3n) is 2.37. The van der Waals surface area contributed by atoms with Crippen LogP contribution in [0.15, 0.2) is 0 Å². The first-order valence-corrected chi connectivity index (χ1v) is 6.76. The van der Waals surface area contributed by atoms with Crippen molar-refractivity contribution in [2.45, 2.75) is 51.2 Å². The molecule has 0 spiro atoms. The van der Waals surface area contributed by atoms with Gasteiger partial charge >= 0.3 is 0 Å². The first-order valence-electron chi connectivity index (χ1n) is 5.28. The van der Waals surface area contributed by atoms with Crippen molar-refractivity contribution in [1.82, 2.24) is 9.44 Å². The zero-order chi connectivity index (χ0) is 11.5. The van der Waals surface area contributed by atoms with Crippen LogP contribution in [0.3, 0.4) is 0 Å². The van der Waals surface area contributed by atoms with Gasteiger partial charge in [-0.05, 0) is 26.7 Å². The summed E-state index contributed by atoms with van der Waals surface area (Å²) in [6, 6.07) is 0.0595. The van der Waals surface area contributed by atoms with Gasteiger partial charge in [0.05, 0.1) is 5.60 Å². The van der Waals surface area contributed by atoms with E-state index in [4.69, 9.17) is 0 Å². The van der Waals surface area contributed by atoms with E-state index in [-0.39, 0.29) is 12.6 Å². The topological polar surface area (TPSA) is 78.4 Å². The maximum atomic E-state index is 11.5. The van der Waals surface area contributed by atoms with Gasteiger partial charge < -0.3 is 5.11 Å². The molecule has 0 bridgehead atoms. The summed E-state index contributed by atoms with van der Waals surface area (Å²) in [5.41, 5.74) is -1.02. The Morgan fingerprint density at radius 1 is 1.33 bits per heavy atom. The molecule has 0 unspecified atom stereocenters. The molecule has 0 aromatic carbocycles. The minimum absolute atomic E-state index is 0.0229. The van der Waals surface area contributed by atoms with Crippen LogP contribution in [0.2, 0.25) is 0 Å². The van der Waals surface area contributed by atoms with Gasteiger partial charge in [0.1, 0.15) is 0 Å². The van der Waals surface area contributed by atoms with Crippen molar-refractivity contribution in [2.75, 3.05) is 6.54 Å². The van der Waals surface area contributed by atoms with E-state index in [0.29, 0.717) is 0 Å². The van der Waals surface area contributed by atoms with Crippen LogP contribution in [-0.4, -0.2) is 31.7 Å². The number of nitrogens with one attached hydrogen (secondary N) is 2. The molecule has 5 nitrogen and oxygen atoms in total. The van der Waals surface area contributed by atoms with E-state index in [2.05, 4.69) is 9.44 Å². The molecule has 0 aromatic heterocycles. The fourth-order valence-electron chi connectivity index (χ4n) is 1.58. The second-order valence-electron chi connectivity index (χ2n) is 4.74. The Morgan fingerprint density at radius 3 is 2.33 bits per heavy atom. The molecular weight excluding hydrogens is 216 g/mol. The lowest BCUT2D eigenvalue weighted by Gasteiger charge is -2.19. The maximum absolute atomic E-state index is 11.5. The van der Waals surface area contributed by atoms with Crippen molar-refractivity contribution >= 4 is 10.2 Å². The van der Waals surface area contributed by atoms with Crippen molar-refractivity contribution in [3.05, 3.63) is 0 Å². The van der Waals surface area contributed by atoms with Crippen molar-refractivity contribution in [3.8, 4) is 0 Å². The lowest BCUT2D eigenvalue weighted by atomic mass is 10.1. The van der Waals surface area contributed by atoms with Crippen LogP contribution in [0, 0.1) is 0 Å². The Balaban J connectivity index is 2.38. The summed E-state index contributed by atoms with van der Waals surface area (Å²) in [6.07, 6.45) is 3.98. The average Bonchev–Trinajstić information content (AvgIpc) is 2.52. The predicted octanol–water partition coefficient (Wildman–Crippen LogP) is 0.124. The Morgan fingerprint density at radius 2 is 1.87 bits per heavy atom. The molecule has 0 aliphatic heterocycles. The van der Waals surface area contributed by atoms with Gasteiger partial charge in [0.15, 0.2) is 0 Å². The molecule has 0 radical (unpaired) electrons. The molecule has 0 atom stereocenters. The Bertz CT molecular complexity index is 289. The second kappa shape index (κ2) is 4.78. The maximum Gasteiger partial charge on any atom is 0.277 e. The third kappa shape index (κ3) is 5.46. The fourth-order valence-corrected chi connectivity index (χ4v) is 2.88. The summed E-state index contributed by atoms with van der Waals surface area (Å²) in [6.45, 7) is 3.14. The van der Waals surface area contributed by atoms with E-state index in [0.717, 1.165) is 25.7 Å². The monoisotopic (exact) mass is 236 g/mol. The van der Waals surface area contributed by atoms with Gasteiger partial charge in [0, 0.05) is 12.6 Å². The van der Waals surface area contributed by atoms with Crippen molar-refractivity contribution < 1.29 is 13.5 Å². The zero-order valence-electron chi connectivity index (χ0n) is 9.28. The smallest absolute Gasteiger partial charge is 0.277 e. The van der Waals surface area contributed by atoms with Crippen LogP contribution in [-0.2, 0) is 10.2 Å². The van der Waals surface area contributed by atoms with Crippen LogP contribution < -0.4 is 9.44 Å². The van der Waals surface area contributed by atoms with E-state index in [9.17, 15) is 13.5 Å². The Hall–Kier alpha value is -0.170. The average molecular weight is 236 g/mol. The highest BCUT2D eigenvalue weighted by atomic mass is 32.2. The molecule has 6 heteroatoms. The molecule has 90 valence electrons.